The molecule has 1 heterocycles. The Morgan fingerprint density at radius 2 is 1.79 bits per heavy atom. The van der Waals surface area contributed by atoms with Gasteiger partial charge in [-0.15, -0.1) is 0 Å². The molecule has 0 saturated carbocycles. The summed E-state index contributed by atoms with van der Waals surface area (Å²) in [5.74, 6) is -0.522. The van der Waals surface area contributed by atoms with Crippen LogP contribution >= 0.6 is 44.1 Å². The molecular formula is C18H16Br2N4O4S. The first-order chi connectivity index (χ1) is 13.8. The van der Waals surface area contributed by atoms with E-state index in [0.29, 0.717) is 20.3 Å². The van der Waals surface area contributed by atoms with Gasteiger partial charge in [0.2, 0.25) is 0 Å². The number of anilines is 2. The lowest BCUT2D eigenvalue weighted by atomic mass is 10.1. The molecule has 1 fully saturated rings. The Bertz CT molecular complexity index is 973. The zero-order valence-corrected chi connectivity index (χ0v) is 18.9. The average molecular weight is 544 g/mol. The Labute approximate surface area is 188 Å². The van der Waals surface area contributed by atoms with Crippen LogP contribution in [-0.4, -0.2) is 34.1 Å². The van der Waals surface area contributed by atoms with Crippen LogP contribution in [0.1, 0.15) is 23.2 Å². The Morgan fingerprint density at radius 3 is 2.38 bits per heavy atom. The molecule has 0 aromatic heterocycles. The fourth-order valence-electron chi connectivity index (χ4n) is 3.01. The van der Waals surface area contributed by atoms with Crippen molar-refractivity contribution in [2.24, 2.45) is 0 Å². The number of carbonyl (C=O) groups excluding carboxylic acids is 1. The maximum atomic E-state index is 12.5. The highest BCUT2D eigenvalue weighted by Gasteiger charge is 2.24. The zero-order valence-electron chi connectivity index (χ0n) is 14.9. The number of carbonyl (C=O) groups is 1. The Kier molecular flexibility index (Phi) is 6.70. The molecule has 1 saturated heterocycles. The lowest BCUT2D eigenvalue weighted by Crippen LogP contribution is -2.34. The first-order valence-corrected chi connectivity index (χ1v) is 10.6. The third kappa shape index (κ3) is 5.03. The van der Waals surface area contributed by atoms with Crippen LogP contribution in [-0.2, 0) is 0 Å². The van der Waals surface area contributed by atoms with Gasteiger partial charge in [0.25, 0.3) is 11.6 Å². The summed E-state index contributed by atoms with van der Waals surface area (Å²) in [6.07, 6.45) is 1.98. The van der Waals surface area contributed by atoms with E-state index in [1.165, 1.54) is 6.07 Å². The highest BCUT2D eigenvalue weighted by atomic mass is 79.9. The lowest BCUT2D eigenvalue weighted by molar-refractivity contribution is -0.384. The molecule has 0 radical (unpaired) electrons. The van der Waals surface area contributed by atoms with Crippen molar-refractivity contribution in [3.05, 3.63) is 55.0 Å². The number of nitrogens with zero attached hydrogens (tertiary/aromatic N) is 2. The van der Waals surface area contributed by atoms with E-state index in [0.717, 1.165) is 25.9 Å². The summed E-state index contributed by atoms with van der Waals surface area (Å²) < 4.78 is 0.883. The van der Waals surface area contributed by atoms with Crippen molar-refractivity contribution in [1.82, 2.24) is 5.32 Å². The lowest BCUT2D eigenvalue weighted by Gasteiger charge is -2.18. The van der Waals surface area contributed by atoms with Gasteiger partial charge in [-0.2, -0.15) is 0 Å². The molecule has 1 amide bonds. The van der Waals surface area contributed by atoms with E-state index >= 15 is 0 Å². The molecule has 0 aliphatic carbocycles. The summed E-state index contributed by atoms with van der Waals surface area (Å²) in [7, 11) is 0. The van der Waals surface area contributed by atoms with Crippen LogP contribution in [0.3, 0.4) is 0 Å². The highest BCUT2D eigenvalue weighted by molar-refractivity contribution is 9.11. The van der Waals surface area contributed by atoms with Crippen LogP contribution in [0.25, 0.3) is 0 Å². The van der Waals surface area contributed by atoms with Gasteiger partial charge in [0.15, 0.2) is 5.11 Å². The number of nitro benzene ring substituents is 1. The second-order valence-corrected chi connectivity index (χ2v) is 8.47. The number of aromatic hydroxyl groups is 1. The number of hydrogen-bond acceptors (Lipinski definition) is 6. The highest BCUT2D eigenvalue weighted by Crippen LogP contribution is 2.35. The summed E-state index contributed by atoms with van der Waals surface area (Å²) in [4.78, 5) is 25.5. The monoisotopic (exact) mass is 542 g/mol. The number of rotatable bonds is 4. The largest absolute Gasteiger partial charge is 0.506 e. The molecule has 11 heteroatoms. The van der Waals surface area contributed by atoms with Gasteiger partial charge in [0.1, 0.15) is 11.4 Å². The van der Waals surface area contributed by atoms with Crippen molar-refractivity contribution < 1.29 is 14.8 Å². The molecule has 0 bridgehead atoms. The van der Waals surface area contributed by atoms with E-state index in [1.807, 2.05) is 4.90 Å². The number of halogens is 2. The number of phenolic OH excluding ortho intramolecular Hbond substituents is 1. The number of nitro groups is 1. The van der Waals surface area contributed by atoms with Crippen molar-refractivity contribution in [3.8, 4) is 5.75 Å². The van der Waals surface area contributed by atoms with E-state index in [9.17, 15) is 20.0 Å². The van der Waals surface area contributed by atoms with E-state index in [-0.39, 0.29) is 22.1 Å². The summed E-state index contributed by atoms with van der Waals surface area (Å²) in [6, 6.07) is 7.59. The van der Waals surface area contributed by atoms with Gasteiger partial charge >= 0.3 is 0 Å². The van der Waals surface area contributed by atoms with E-state index < -0.39 is 10.8 Å². The summed E-state index contributed by atoms with van der Waals surface area (Å²) in [5.41, 5.74) is 1.08. The quantitative estimate of drug-likeness (QED) is 0.225. The van der Waals surface area contributed by atoms with Crippen LogP contribution in [0.15, 0.2) is 39.3 Å². The minimum Gasteiger partial charge on any atom is -0.506 e. The Hall–Kier alpha value is -2.24. The van der Waals surface area contributed by atoms with E-state index in [2.05, 4.69) is 42.5 Å². The van der Waals surface area contributed by atoms with Gasteiger partial charge in [-0.05, 0) is 81.2 Å². The zero-order chi connectivity index (χ0) is 21.1. The molecule has 152 valence electrons. The molecule has 0 atom stereocenters. The smallest absolute Gasteiger partial charge is 0.293 e. The number of thiocarbonyl (C=S) groups is 1. The van der Waals surface area contributed by atoms with Gasteiger partial charge < -0.3 is 15.3 Å². The summed E-state index contributed by atoms with van der Waals surface area (Å²) in [6.45, 7) is 1.52. The predicted octanol–water partition coefficient (Wildman–Crippen LogP) is 4.55. The third-order valence-electron chi connectivity index (χ3n) is 4.38. The predicted molar refractivity (Wildman–Crippen MR) is 122 cm³/mol. The first-order valence-electron chi connectivity index (χ1n) is 8.60. The van der Waals surface area contributed by atoms with Gasteiger partial charge in [-0.25, -0.2) is 0 Å². The third-order valence-corrected chi connectivity index (χ3v) is 5.80. The molecule has 2 aromatic rings. The van der Waals surface area contributed by atoms with Gasteiger partial charge in [0, 0.05) is 30.4 Å². The second-order valence-electron chi connectivity index (χ2n) is 6.35. The Morgan fingerprint density at radius 1 is 1.17 bits per heavy atom. The molecule has 0 spiro atoms. The van der Waals surface area contributed by atoms with Gasteiger partial charge in [0.05, 0.1) is 13.9 Å². The normalized spacial score (nSPS) is 13.2. The SMILES string of the molecule is O=C(NC(=S)Nc1cc(Br)c(O)c(Br)c1)c1ccc(N2CCCC2)c([N+](=O)[O-])c1. The molecular weight excluding hydrogens is 528 g/mol. The molecule has 0 unspecified atom stereocenters. The summed E-state index contributed by atoms with van der Waals surface area (Å²) in [5, 5.41) is 26.6. The van der Waals surface area contributed by atoms with Crippen LogP contribution < -0.4 is 15.5 Å². The summed E-state index contributed by atoms with van der Waals surface area (Å²) >= 11 is 11.6. The molecule has 3 N–H and O–H groups in total. The second kappa shape index (κ2) is 9.06. The van der Waals surface area contributed by atoms with Crippen molar-refractivity contribution in [3.63, 3.8) is 0 Å². The maximum Gasteiger partial charge on any atom is 0.293 e. The van der Waals surface area contributed by atoms with Crippen molar-refractivity contribution >= 4 is 72.2 Å². The van der Waals surface area contributed by atoms with Crippen molar-refractivity contribution in [1.29, 1.82) is 0 Å². The molecule has 1 aliphatic heterocycles. The molecule has 1 aliphatic rings. The van der Waals surface area contributed by atoms with Gasteiger partial charge in [-0.1, -0.05) is 0 Å². The number of hydrogen-bond donors (Lipinski definition) is 3. The number of amides is 1. The molecule has 3 rings (SSSR count). The van der Waals surface area contributed by atoms with Crippen molar-refractivity contribution in [2.45, 2.75) is 12.8 Å². The minimum atomic E-state index is -0.560. The number of benzene rings is 2. The fourth-order valence-corrected chi connectivity index (χ4v) is 4.41. The topological polar surface area (TPSA) is 108 Å². The number of nitrogens with one attached hydrogen (secondary N) is 2. The van der Waals surface area contributed by atoms with Crippen LogP contribution in [0.5, 0.6) is 5.75 Å². The van der Waals surface area contributed by atoms with Crippen molar-refractivity contribution in [2.75, 3.05) is 23.3 Å². The Balaban J connectivity index is 1.74. The molecule has 2 aromatic carbocycles. The fraction of sp³-hybridized carbons (Fsp3) is 0.222. The van der Waals surface area contributed by atoms with Crippen LogP contribution in [0.4, 0.5) is 17.1 Å². The van der Waals surface area contributed by atoms with Crippen LogP contribution in [0.2, 0.25) is 0 Å². The van der Waals surface area contributed by atoms with E-state index in [1.54, 1.807) is 24.3 Å². The first kappa shape index (κ1) is 21.5. The van der Waals surface area contributed by atoms with Gasteiger partial charge in [-0.3, -0.25) is 20.2 Å². The molecule has 8 nitrogen and oxygen atoms in total. The molecule has 29 heavy (non-hydrogen) atoms. The maximum absolute atomic E-state index is 12.5. The number of phenols is 1. The average Bonchev–Trinajstić information content (AvgIpc) is 3.20. The minimum absolute atomic E-state index is 0.0192. The van der Waals surface area contributed by atoms with E-state index in [4.69, 9.17) is 12.2 Å². The standard InChI is InChI=1S/C18H16Br2N4O4S/c19-12-8-11(9-13(20)16(12)25)21-18(29)22-17(26)10-3-4-14(15(7-10)24(27)28)23-5-1-2-6-23/h3-4,7-9,25H,1-2,5-6H2,(H2,21,22,26,29). The van der Waals surface area contributed by atoms with Crippen LogP contribution in [0, 0.1) is 10.1 Å².